The summed E-state index contributed by atoms with van der Waals surface area (Å²) < 4.78 is 9.44. The molecule has 148 valence electrons. The van der Waals surface area contributed by atoms with Gasteiger partial charge in [0.05, 0.1) is 22.7 Å². The number of aromatic nitrogens is 4. The maximum Gasteiger partial charge on any atom is 0.267 e. The molecule has 1 fully saturated rings. The van der Waals surface area contributed by atoms with Gasteiger partial charge >= 0.3 is 0 Å². The Morgan fingerprint density at radius 3 is 2.83 bits per heavy atom. The lowest BCUT2D eigenvalue weighted by Crippen LogP contribution is -2.22. The maximum absolute atomic E-state index is 13.4. The number of hydrogen-bond donors (Lipinski definition) is 0. The van der Waals surface area contributed by atoms with E-state index < -0.39 is 0 Å². The summed E-state index contributed by atoms with van der Waals surface area (Å²) >= 11 is 1.63. The third-order valence-corrected chi connectivity index (χ3v) is 6.69. The fraction of sp³-hybridized carbons (Fsp3) is 0.318. The van der Waals surface area contributed by atoms with Crippen molar-refractivity contribution in [2.75, 3.05) is 12.4 Å². The fourth-order valence-electron chi connectivity index (χ4n) is 3.91. The first-order valence-electron chi connectivity index (χ1n) is 9.85. The van der Waals surface area contributed by atoms with Gasteiger partial charge in [-0.2, -0.15) is 0 Å². The predicted octanol–water partition coefficient (Wildman–Crippen LogP) is 3.92. The highest BCUT2D eigenvalue weighted by Gasteiger charge is 2.21. The van der Waals surface area contributed by atoms with Crippen LogP contribution in [0, 0.1) is 13.8 Å². The van der Waals surface area contributed by atoms with E-state index in [0.29, 0.717) is 11.2 Å². The molecular weight excluding hydrogens is 384 g/mol. The first-order valence-corrected chi connectivity index (χ1v) is 10.8. The average Bonchev–Trinajstić information content (AvgIpc) is 3.39. The molecule has 0 aliphatic carbocycles. The summed E-state index contributed by atoms with van der Waals surface area (Å²) in [5, 5.41) is 10.3. The Hall–Kier alpha value is -2.64. The molecule has 0 spiro atoms. The Balaban J connectivity index is 1.76. The molecule has 29 heavy (non-hydrogen) atoms. The molecule has 3 heterocycles. The zero-order chi connectivity index (χ0) is 20.0. The summed E-state index contributed by atoms with van der Waals surface area (Å²) in [6.45, 7) is 4.92. The Labute approximate surface area is 172 Å². The minimum Gasteiger partial charge on any atom is -0.377 e. The van der Waals surface area contributed by atoms with Crippen molar-refractivity contribution in [3.63, 3.8) is 0 Å². The third kappa shape index (κ3) is 3.05. The quantitative estimate of drug-likeness (QED) is 0.481. The number of fused-ring (bicyclic) bond motifs is 3. The van der Waals surface area contributed by atoms with E-state index in [1.165, 1.54) is 0 Å². The van der Waals surface area contributed by atoms with Crippen molar-refractivity contribution in [2.45, 2.75) is 37.9 Å². The van der Waals surface area contributed by atoms with E-state index in [-0.39, 0.29) is 11.7 Å². The van der Waals surface area contributed by atoms with Gasteiger partial charge in [-0.3, -0.25) is 9.20 Å². The van der Waals surface area contributed by atoms with Gasteiger partial charge in [0.25, 0.3) is 5.56 Å². The zero-order valence-electron chi connectivity index (χ0n) is 16.5. The van der Waals surface area contributed by atoms with Crippen molar-refractivity contribution in [3.05, 3.63) is 63.9 Å². The highest BCUT2D eigenvalue weighted by atomic mass is 32.2. The van der Waals surface area contributed by atoms with E-state index in [2.05, 4.69) is 23.2 Å². The number of benzene rings is 2. The molecule has 2 aromatic carbocycles. The van der Waals surface area contributed by atoms with Crippen LogP contribution in [-0.2, 0) is 4.74 Å². The SMILES string of the molecule is Cc1cccc(-n2c(=O)c3ccccc3n3c(SCC4CCCO4)nnc23)c1C. The topological polar surface area (TPSA) is 61.4 Å². The van der Waals surface area contributed by atoms with Crippen LogP contribution in [0.15, 0.2) is 52.4 Å². The van der Waals surface area contributed by atoms with E-state index in [0.717, 1.165) is 52.7 Å². The maximum atomic E-state index is 13.4. The van der Waals surface area contributed by atoms with Gasteiger partial charge in [-0.25, -0.2) is 4.57 Å². The number of aryl methyl sites for hydroxylation is 1. The molecule has 1 unspecified atom stereocenters. The summed E-state index contributed by atoms with van der Waals surface area (Å²) in [5.74, 6) is 1.37. The van der Waals surface area contributed by atoms with E-state index >= 15 is 0 Å². The first kappa shape index (κ1) is 18.4. The molecule has 0 amide bonds. The van der Waals surface area contributed by atoms with E-state index in [4.69, 9.17) is 4.74 Å². The standard InChI is InChI=1S/C22H22N4O2S/c1-14-7-5-11-18(15(14)2)25-20(27)17-9-3-4-10-19(17)26-21(25)23-24-22(26)29-13-16-8-6-12-28-16/h3-5,7,9-11,16H,6,8,12-13H2,1-2H3. The highest BCUT2D eigenvalue weighted by molar-refractivity contribution is 7.99. The monoisotopic (exact) mass is 406 g/mol. The Bertz CT molecular complexity index is 1270. The predicted molar refractivity (Wildman–Crippen MR) is 115 cm³/mol. The van der Waals surface area contributed by atoms with Crippen molar-refractivity contribution < 1.29 is 4.74 Å². The normalized spacial score (nSPS) is 16.8. The van der Waals surface area contributed by atoms with Crippen LogP contribution in [0.4, 0.5) is 0 Å². The van der Waals surface area contributed by atoms with Gasteiger partial charge < -0.3 is 4.74 Å². The van der Waals surface area contributed by atoms with Crippen LogP contribution in [0.1, 0.15) is 24.0 Å². The zero-order valence-corrected chi connectivity index (χ0v) is 17.3. The van der Waals surface area contributed by atoms with Crippen LogP contribution >= 0.6 is 11.8 Å². The molecule has 7 heteroatoms. The number of hydrogen-bond acceptors (Lipinski definition) is 5. The van der Waals surface area contributed by atoms with Crippen LogP contribution in [0.5, 0.6) is 0 Å². The number of nitrogens with zero attached hydrogens (tertiary/aromatic N) is 4. The second kappa shape index (κ2) is 7.31. The third-order valence-electron chi connectivity index (χ3n) is 5.63. The molecule has 1 saturated heterocycles. The van der Waals surface area contributed by atoms with Crippen LogP contribution in [0.25, 0.3) is 22.4 Å². The minimum absolute atomic E-state index is 0.0788. The molecule has 1 atom stereocenters. The molecule has 4 aromatic rings. The van der Waals surface area contributed by atoms with Gasteiger partial charge in [0, 0.05) is 12.4 Å². The van der Waals surface area contributed by atoms with E-state index in [1.807, 2.05) is 47.7 Å². The van der Waals surface area contributed by atoms with Crippen molar-refractivity contribution in [2.24, 2.45) is 0 Å². The Kier molecular flexibility index (Phi) is 4.64. The van der Waals surface area contributed by atoms with Crippen LogP contribution in [0.2, 0.25) is 0 Å². The van der Waals surface area contributed by atoms with Crippen molar-refractivity contribution in [1.29, 1.82) is 0 Å². The molecule has 0 bridgehead atoms. The molecule has 1 aliphatic rings. The van der Waals surface area contributed by atoms with Crippen molar-refractivity contribution in [1.82, 2.24) is 19.2 Å². The lowest BCUT2D eigenvalue weighted by molar-refractivity contribution is 0.129. The summed E-state index contributed by atoms with van der Waals surface area (Å²) in [7, 11) is 0. The van der Waals surface area contributed by atoms with Gasteiger partial charge in [-0.05, 0) is 56.0 Å². The van der Waals surface area contributed by atoms with Gasteiger partial charge in [-0.1, -0.05) is 36.0 Å². The number of para-hydroxylation sites is 1. The highest BCUT2D eigenvalue weighted by Crippen LogP contribution is 2.27. The Morgan fingerprint density at radius 1 is 1.14 bits per heavy atom. The summed E-state index contributed by atoms with van der Waals surface area (Å²) in [4.78, 5) is 13.4. The molecule has 2 aromatic heterocycles. The lowest BCUT2D eigenvalue weighted by atomic mass is 10.1. The smallest absolute Gasteiger partial charge is 0.267 e. The second-order valence-electron chi connectivity index (χ2n) is 7.44. The van der Waals surface area contributed by atoms with Crippen LogP contribution in [-0.4, -0.2) is 37.6 Å². The molecule has 0 saturated carbocycles. The number of thioether (sulfide) groups is 1. The van der Waals surface area contributed by atoms with Crippen LogP contribution in [0.3, 0.4) is 0 Å². The first-order chi connectivity index (χ1) is 14.1. The Morgan fingerprint density at radius 2 is 2.00 bits per heavy atom. The molecule has 5 rings (SSSR count). The van der Waals surface area contributed by atoms with Crippen LogP contribution < -0.4 is 5.56 Å². The van der Waals surface area contributed by atoms with Gasteiger partial charge in [0.1, 0.15) is 0 Å². The molecule has 0 radical (unpaired) electrons. The van der Waals surface area contributed by atoms with Crippen molar-refractivity contribution in [3.8, 4) is 5.69 Å². The van der Waals surface area contributed by atoms with E-state index in [9.17, 15) is 4.79 Å². The van der Waals surface area contributed by atoms with E-state index in [1.54, 1.807) is 16.3 Å². The summed E-state index contributed by atoms with van der Waals surface area (Å²) in [6, 6.07) is 13.6. The summed E-state index contributed by atoms with van der Waals surface area (Å²) in [5.41, 5.74) is 3.78. The lowest BCUT2D eigenvalue weighted by Gasteiger charge is -2.14. The second-order valence-corrected chi connectivity index (χ2v) is 8.43. The minimum atomic E-state index is -0.0788. The summed E-state index contributed by atoms with van der Waals surface area (Å²) in [6.07, 6.45) is 2.45. The van der Waals surface area contributed by atoms with Gasteiger partial charge in [0.2, 0.25) is 5.78 Å². The van der Waals surface area contributed by atoms with Gasteiger partial charge in [-0.15, -0.1) is 10.2 Å². The molecule has 0 N–H and O–H groups in total. The largest absolute Gasteiger partial charge is 0.377 e. The number of ether oxygens (including phenoxy) is 1. The van der Waals surface area contributed by atoms with Crippen molar-refractivity contribution >= 4 is 28.4 Å². The molecule has 6 nitrogen and oxygen atoms in total. The molecular formula is C22H22N4O2S. The number of rotatable bonds is 4. The fourth-order valence-corrected chi connectivity index (χ4v) is 4.92. The molecule has 1 aliphatic heterocycles. The average molecular weight is 407 g/mol. The van der Waals surface area contributed by atoms with Gasteiger partial charge in [0.15, 0.2) is 5.16 Å².